The van der Waals surface area contributed by atoms with Gasteiger partial charge in [-0.25, -0.2) is 0 Å². The van der Waals surface area contributed by atoms with E-state index >= 15 is 0 Å². The standard InChI is InChI=1S/C13H17NO8S/c1-6(16)19-10-9(4-15)22-13(14-5-23)12(21-8(3)18)11(10)20-7(2)17/h9-13,15H,4H2,1-3H3/t9-,10-,11+,12-,13-/m1/s1. The van der Waals surface area contributed by atoms with Gasteiger partial charge in [-0.2, -0.15) is 4.99 Å². The van der Waals surface area contributed by atoms with E-state index < -0.39 is 55.2 Å². The average Bonchev–Trinajstić information content (AvgIpc) is 2.43. The van der Waals surface area contributed by atoms with Crippen LogP contribution in [0.1, 0.15) is 20.8 Å². The van der Waals surface area contributed by atoms with Crippen LogP contribution in [0.4, 0.5) is 0 Å². The molecule has 128 valence electrons. The number of ether oxygens (including phenoxy) is 4. The minimum atomic E-state index is -1.22. The number of thiocarbonyl (C=S) groups is 1. The molecular weight excluding hydrogens is 330 g/mol. The highest BCUT2D eigenvalue weighted by atomic mass is 32.1. The van der Waals surface area contributed by atoms with Crippen LogP contribution in [0.15, 0.2) is 4.99 Å². The molecule has 1 heterocycles. The quantitative estimate of drug-likeness (QED) is 0.306. The Morgan fingerprint density at radius 1 is 1.04 bits per heavy atom. The van der Waals surface area contributed by atoms with Gasteiger partial charge in [0.05, 0.1) is 11.8 Å². The molecule has 0 saturated carbocycles. The minimum Gasteiger partial charge on any atom is -0.456 e. The van der Waals surface area contributed by atoms with E-state index in [0.717, 1.165) is 20.8 Å². The van der Waals surface area contributed by atoms with Crippen LogP contribution in [0.3, 0.4) is 0 Å². The minimum absolute atomic E-state index is 0.550. The van der Waals surface area contributed by atoms with Crippen molar-refractivity contribution in [2.24, 2.45) is 4.99 Å². The monoisotopic (exact) mass is 347 g/mol. The van der Waals surface area contributed by atoms with Crippen molar-refractivity contribution in [3.63, 3.8) is 0 Å². The molecule has 1 saturated heterocycles. The molecule has 0 spiro atoms. The van der Waals surface area contributed by atoms with Gasteiger partial charge in [-0.05, 0) is 12.2 Å². The summed E-state index contributed by atoms with van der Waals surface area (Å²) in [6, 6.07) is 0. The summed E-state index contributed by atoms with van der Waals surface area (Å²) in [5.74, 6) is -2.08. The Morgan fingerprint density at radius 3 is 1.96 bits per heavy atom. The van der Waals surface area contributed by atoms with Crippen LogP contribution in [-0.4, -0.2) is 65.4 Å². The first kappa shape index (κ1) is 19.2. The number of aliphatic imine (C=N–C) groups is 1. The topological polar surface area (TPSA) is 121 Å². The molecule has 10 heteroatoms. The highest BCUT2D eigenvalue weighted by Crippen LogP contribution is 2.29. The number of aliphatic hydroxyl groups is 1. The van der Waals surface area contributed by atoms with Crippen LogP contribution in [0.2, 0.25) is 0 Å². The van der Waals surface area contributed by atoms with Crippen molar-refractivity contribution < 1.29 is 38.4 Å². The first-order valence-corrected chi connectivity index (χ1v) is 7.06. The summed E-state index contributed by atoms with van der Waals surface area (Å²) < 4.78 is 20.7. The zero-order valence-corrected chi connectivity index (χ0v) is 13.6. The molecule has 0 amide bonds. The van der Waals surface area contributed by atoms with E-state index in [4.69, 9.17) is 18.9 Å². The Labute approximate surface area is 137 Å². The fourth-order valence-electron chi connectivity index (χ4n) is 2.17. The molecular formula is C13H17NO8S. The van der Waals surface area contributed by atoms with E-state index in [1.807, 2.05) is 0 Å². The van der Waals surface area contributed by atoms with Gasteiger partial charge in [0.15, 0.2) is 24.5 Å². The fraction of sp³-hybridized carbons (Fsp3) is 0.692. The number of aliphatic hydroxyl groups excluding tert-OH is 1. The zero-order valence-electron chi connectivity index (χ0n) is 12.8. The second-order valence-corrected chi connectivity index (χ2v) is 4.87. The van der Waals surface area contributed by atoms with Crippen LogP contribution in [0.5, 0.6) is 0 Å². The molecule has 9 nitrogen and oxygen atoms in total. The number of hydrogen-bond acceptors (Lipinski definition) is 10. The highest BCUT2D eigenvalue weighted by Gasteiger charge is 2.51. The summed E-state index contributed by atoms with van der Waals surface area (Å²) in [7, 11) is 0. The van der Waals surface area contributed by atoms with E-state index in [2.05, 4.69) is 22.4 Å². The molecule has 0 radical (unpaired) electrons. The van der Waals surface area contributed by atoms with Crippen LogP contribution < -0.4 is 0 Å². The Morgan fingerprint density at radius 2 is 1.52 bits per heavy atom. The van der Waals surface area contributed by atoms with Gasteiger partial charge in [-0.3, -0.25) is 14.4 Å². The third-order valence-corrected chi connectivity index (χ3v) is 2.98. The molecule has 1 N–H and O–H groups in total. The van der Waals surface area contributed by atoms with E-state index in [1.54, 1.807) is 0 Å². The number of nitrogens with zero attached hydrogens (tertiary/aromatic N) is 1. The summed E-state index contributed by atoms with van der Waals surface area (Å²) in [5.41, 5.74) is 0. The fourth-order valence-corrected chi connectivity index (χ4v) is 2.28. The lowest BCUT2D eigenvalue weighted by Gasteiger charge is -2.42. The number of carbonyl (C=O) groups excluding carboxylic acids is 3. The lowest BCUT2D eigenvalue weighted by molar-refractivity contribution is -0.249. The van der Waals surface area contributed by atoms with Crippen LogP contribution in [-0.2, 0) is 33.3 Å². The summed E-state index contributed by atoms with van der Waals surface area (Å²) in [6.45, 7) is 2.87. The third-order valence-electron chi connectivity index (χ3n) is 2.88. The Hall–Kier alpha value is -1.87. The van der Waals surface area contributed by atoms with Crippen molar-refractivity contribution in [3.05, 3.63) is 0 Å². The predicted octanol–water partition coefficient (Wildman–Crippen LogP) is -0.399. The van der Waals surface area contributed by atoms with Crippen LogP contribution in [0, 0.1) is 0 Å². The first-order chi connectivity index (χ1) is 10.8. The molecule has 1 fully saturated rings. The van der Waals surface area contributed by atoms with E-state index in [0.29, 0.717) is 0 Å². The lowest BCUT2D eigenvalue weighted by Crippen LogP contribution is -2.61. The van der Waals surface area contributed by atoms with Gasteiger partial charge in [-0.15, -0.1) is 0 Å². The second-order valence-electron chi connectivity index (χ2n) is 4.69. The molecule has 0 unspecified atom stereocenters. The number of rotatable bonds is 5. The maximum atomic E-state index is 11.4. The van der Waals surface area contributed by atoms with Crippen molar-refractivity contribution in [1.82, 2.24) is 0 Å². The largest absolute Gasteiger partial charge is 0.456 e. The van der Waals surface area contributed by atoms with Gasteiger partial charge in [0.25, 0.3) is 0 Å². The summed E-state index contributed by atoms with van der Waals surface area (Å²) in [6.07, 6.45) is -5.82. The van der Waals surface area contributed by atoms with Crippen molar-refractivity contribution in [3.8, 4) is 0 Å². The molecule has 0 aromatic heterocycles. The third kappa shape index (κ3) is 5.36. The van der Waals surface area contributed by atoms with Gasteiger partial charge >= 0.3 is 17.9 Å². The number of carbonyl (C=O) groups is 3. The first-order valence-electron chi connectivity index (χ1n) is 6.65. The Bertz CT molecular complexity index is 518. The average molecular weight is 347 g/mol. The van der Waals surface area contributed by atoms with E-state index in [-0.39, 0.29) is 0 Å². The highest BCUT2D eigenvalue weighted by molar-refractivity contribution is 7.78. The zero-order chi connectivity index (χ0) is 17.6. The molecule has 23 heavy (non-hydrogen) atoms. The van der Waals surface area contributed by atoms with Crippen molar-refractivity contribution in [2.75, 3.05) is 6.61 Å². The predicted molar refractivity (Wildman–Crippen MR) is 77.4 cm³/mol. The van der Waals surface area contributed by atoms with Gasteiger partial charge in [0, 0.05) is 20.8 Å². The van der Waals surface area contributed by atoms with Crippen molar-refractivity contribution in [1.29, 1.82) is 0 Å². The summed E-state index contributed by atoms with van der Waals surface area (Å²) in [4.78, 5) is 37.7. The Kier molecular flexibility index (Phi) is 7.24. The van der Waals surface area contributed by atoms with E-state index in [1.165, 1.54) is 0 Å². The summed E-state index contributed by atoms with van der Waals surface area (Å²) >= 11 is 4.51. The molecule has 0 aliphatic carbocycles. The Balaban J connectivity index is 3.24. The normalized spacial score (nSPS) is 29.8. The smallest absolute Gasteiger partial charge is 0.303 e. The maximum Gasteiger partial charge on any atom is 0.303 e. The van der Waals surface area contributed by atoms with Crippen LogP contribution in [0.25, 0.3) is 0 Å². The molecule has 0 aromatic rings. The van der Waals surface area contributed by atoms with Gasteiger partial charge in [0.1, 0.15) is 6.10 Å². The van der Waals surface area contributed by atoms with Gasteiger partial charge in [-0.1, -0.05) is 0 Å². The maximum absolute atomic E-state index is 11.4. The lowest BCUT2D eigenvalue weighted by atomic mass is 9.97. The molecule has 0 aromatic carbocycles. The van der Waals surface area contributed by atoms with Crippen molar-refractivity contribution >= 4 is 35.3 Å². The number of hydrogen-bond donors (Lipinski definition) is 1. The molecule has 0 bridgehead atoms. The SMILES string of the molecule is CC(=O)O[C@@H]1[C@@H](OC(C)=O)[C@H](N=C=S)O[C@H](CO)[C@H]1OC(C)=O. The molecule has 1 aliphatic heterocycles. The van der Waals surface area contributed by atoms with Crippen molar-refractivity contribution in [2.45, 2.75) is 51.4 Å². The molecule has 1 rings (SSSR count). The number of esters is 3. The van der Waals surface area contributed by atoms with Gasteiger partial charge in [0.2, 0.25) is 0 Å². The second kappa shape index (κ2) is 8.68. The summed E-state index contributed by atoms with van der Waals surface area (Å²) in [5, 5.41) is 11.5. The van der Waals surface area contributed by atoms with E-state index in [9.17, 15) is 19.5 Å². The molecule has 1 aliphatic rings. The molecule has 5 atom stereocenters. The van der Waals surface area contributed by atoms with Crippen LogP contribution >= 0.6 is 12.2 Å². The number of isothiocyanates is 1. The van der Waals surface area contributed by atoms with Gasteiger partial charge < -0.3 is 24.1 Å².